The van der Waals surface area contributed by atoms with Gasteiger partial charge in [0.05, 0.1) is 5.41 Å². The molecule has 8 aromatic rings. The second-order valence-corrected chi connectivity index (χ2v) is 13.3. The zero-order chi connectivity index (χ0) is 33.1. The van der Waals surface area contributed by atoms with Gasteiger partial charge in [0.1, 0.15) is 0 Å². The summed E-state index contributed by atoms with van der Waals surface area (Å²) in [6.07, 6.45) is 0. The van der Waals surface area contributed by atoms with Crippen molar-refractivity contribution in [3.8, 4) is 44.5 Å². The van der Waals surface area contributed by atoms with E-state index in [-0.39, 0.29) is 5.41 Å². The Kier molecular flexibility index (Phi) is 6.47. The first kappa shape index (κ1) is 28.6. The van der Waals surface area contributed by atoms with E-state index in [2.05, 4.69) is 205 Å². The van der Waals surface area contributed by atoms with Crippen molar-refractivity contribution < 1.29 is 0 Å². The Morgan fingerprint density at radius 1 is 0.300 bits per heavy atom. The zero-order valence-corrected chi connectivity index (χ0v) is 27.5. The number of hydrogen-bond acceptors (Lipinski definition) is 1. The molecule has 0 saturated heterocycles. The number of anilines is 3. The van der Waals surface area contributed by atoms with Crippen LogP contribution in [-0.2, 0) is 5.41 Å². The molecule has 50 heavy (non-hydrogen) atoms. The maximum Gasteiger partial charge on any atom is 0.0725 e. The molecule has 2 aliphatic carbocycles. The first-order chi connectivity index (χ1) is 24.8. The highest BCUT2D eigenvalue weighted by molar-refractivity contribution is 5.98. The molecule has 0 spiro atoms. The lowest BCUT2D eigenvalue weighted by atomic mass is 9.70. The summed E-state index contributed by atoms with van der Waals surface area (Å²) >= 11 is 0. The van der Waals surface area contributed by atoms with Crippen molar-refractivity contribution in [1.82, 2.24) is 0 Å². The van der Waals surface area contributed by atoms with Gasteiger partial charge in [-0.1, -0.05) is 164 Å². The van der Waals surface area contributed by atoms with Crippen molar-refractivity contribution in [3.05, 3.63) is 222 Å². The van der Waals surface area contributed by atoms with Crippen molar-refractivity contribution in [2.75, 3.05) is 4.90 Å². The van der Waals surface area contributed by atoms with Gasteiger partial charge in [-0.3, -0.25) is 0 Å². The molecule has 10 rings (SSSR count). The van der Waals surface area contributed by atoms with Crippen molar-refractivity contribution >= 4 is 17.1 Å². The van der Waals surface area contributed by atoms with Gasteiger partial charge in [-0.05, 0) is 103 Å². The Labute approximate surface area is 293 Å². The molecule has 0 bridgehead atoms. The van der Waals surface area contributed by atoms with Gasteiger partial charge in [0.2, 0.25) is 0 Å². The minimum Gasteiger partial charge on any atom is -0.310 e. The van der Waals surface area contributed by atoms with Crippen LogP contribution in [0.4, 0.5) is 17.1 Å². The molecule has 0 radical (unpaired) electrons. The minimum absolute atomic E-state index is 0.354. The molecule has 0 saturated carbocycles. The van der Waals surface area contributed by atoms with Gasteiger partial charge in [-0.2, -0.15) is 0 Å². The third-order valence-corrected chi connectivity index (χ3v) is 10.7. The molecule has 234 valence electrons. The zero-order valence-electron chi connectivity index (χ0n) is 27.5. The van der Waals surface area contributed by atoms with E-state index in [0.717, 1.165) is 17.1 Å². The lowest BCUT2D eigenvalue weighted by Crippen LogP contribution is -2.26. The predicted molar refractivity (Wildman–Crippen MR) is 208 cm³/mol. The van der Waals surface area contributed by atoms with Crippen LogP contribution in [0.5, 0.6) is 0 Å². The Bertz CT molecular complexity index is 2450. The molecular formula is C49H33N. The Hall–Kier alpha value is -6.44. The van der Waals surface area contributed by atoms with Gasteiger partial charge < -0.3 is 4.90 Å². The maximum atomic E-state index is 2.38. The molecule has 0 N–H and O–H groups in total. The number of benzene rings is 8. The van der Waals surface area contributed by atoms with Crippen molar-refractivity contribution in [2.45, 2.75) is 5.41 Å². The lowest BCUT2D eigenvalue weighted by Gasteiger charge is -2.32. The fourth-order valence-electron chi connectivity index (χ4n) is 8.56. The highest BCUT2D eigenvalue weighted by atomic mass is 15.1. The van der Waals surface area contributed by atoms with E-state index in [9.17, 15) is 0 Å². The third kappa shape index (κ3) is 4.20. The molecule has 0 aliphatic heterocycles. The summed E-state index contributed by atoms with van der Waals surface area (Å²) in [6.45, 7) is 0. The number of nitrogens with zero attached hydrogens (tertiary/aromatic N) is 1. The van der Waals surface area contributed by atoms with E-state index in [1.807, 2.05) is 0 Å². The van der Waals surface area contributed by atoms with E-state index in [0.29, 0.717) is 0 Å². The molecule has 0 fully saturated rings. The predicted octanol–water partition coefficient (Wildman–Crippen LogP) is 12.8. The third-order valence-electron chi connectivity index (χ3n) is 10.7. The Morgan fingerprint density at radius 3 is 1.34 bits per heavy atom. The number of fused-ring (bicyclic) bond motifs is 6. The van der Waals surface area contributed by atoms with Crippen LogP contribution in [-0.4, -0.2) is 0 Å². The van der Waals surface area contributed by atoms with Gasteiger partial charge in [-0.25, -0.2) is 0 Å². The first-order valence-electron chi connectivity index (χ1n) is 17.4. The average Bonchev–Trinajstić information content (AvgIpc) is 3.68. The van der Waals surface area contributed by atoms with Crippen LogP contribution in [0, 0.1) is 0 Å². The second-order valence-electron chi connectivity index (χ2n) is 13.3. The molecule has 0 unspecified atom stereocenters. The average molecular weight is 636 g/mol. The van der Waals surface area contributed by atoms with Gasteiger partial charge in [-0.15, -0.1) is 0 Å². The quantitative estimate of drug-likeness (QED) is 0.176. The highest BCUT2D eigenvalue weighted by Gasteiger charge is 2.52. The Balaban J connectivity index is 1.14. The van der Waals surface area contributed by atoms with E-state index in [1.165, 1.54) is 66.8 Å². The summed E-state index contributed by atoms with van der Waals surface area (Å²) in [5.74, 6) is 0. The van der Waals surface area contributed by atoms with Crippen LogP contribution >= 0.6 is 0 Å². The van der Waals surface area contributed by atoms with E-state index >= 15 is 0 Å². The molecule has 0 amide bonds. The SMILES string of the molecule is c1ccc(-c2ccc(N(c3ccc(C45c6ccccc6-c6cccc(c64)-c4ccccc45)cc3)c3cccc(-c4ccccc4)c3)cc2)cc1. The molecular weight excluding hydrogens is 603 g/mol. The molecule has 0 atom stereocenters. The highest BCUT2D eigenvalue weighted by Crippen LogP contribution is 2.64. The molecule has 1 nitrogen and oxygen atoms in total. The maximum absolute atomic E-state index is 2.38. The molecule has 1 heteroatoms. The van der Waals surface area contributed by atoms with Crippen LogP contribution in [0.1, 0.15) is 22.3 Å². The van der Waals surface area contributed by atoms with Gasteiger partial charge in [0.15, 0.2) is 0 Å². The van der Waals surface area contributed by atoms with Crippen LogP contribution in [0.25, 0.3) is 44.5 Å². The fraction of sp³-hybridized carbons (Fsp3) is 0.0204. The molecule has 8 aromatic carbocycles. The smallest absolute Gasteiger partial charge is 0.0725 e. The molecule has 0 heterocycles. The summed E-state index contributed by atoms with van der Waals surface area (Å²) < 4.78 is 0. The summed E-state index contributed by atoms with van der Waals surface area (Å²) in [5.41, 5.74) is 18.6. The van der Waals surface area contributed by atoms with E-state index < -0.39 is 0 Å². The van der Waals surface area contributed by atoms with Gasteiger partial charge in [0.25, 0.3) is 0 Å². The normalized spacial score (nSPS) is 13.0. The minimum atomic E-state index is -0.354. The van der Waals surface area contributed by atoms with Crippen molar-refractivity contribution in [1.29, 1.82) is 0 Å². The van der Waals surface area contributed by atoms with Crippen molar-refractivity contribution in [2.24, 2.45) is 0 Å². The Morgan fingerprint density at radius 2 is 0.740 bits per heavy atom. The van der Waals surface area contributed by atoms with Crippen LogP contribution in [0.15, 0.2) is 200 Å². The van der Waals surface area contributed by atoms with Crippen LogP contribution in [0.3, 0.4) is 0 Å². The van der Waals surface area contributed by atoms with E-state index in [4.69, 9.17) is 0 Å². The lowest BCUT2D eigenvalue weighted by molar-refractivity contribution is 0.792. The summed E-state index contributed by atoms with van der Waals surface area (Å²) in [4.78, 5) is 2.38. The largest absolute Gasteiger partial charge is 0.310 e. The molecule has 2 aliphatic rings. The van der Waals surface area contributed by atoms with E-state index in [1.54, 1.807) is 0 Å². The summed E-state index contributed by atoms with van der Waals surface area (Å²) in [7, 11) is 0. The van der Waals surface area contributed by atoms with Crippen LogP contribution in [0.2, 0.25) is 0 Å². The van der Waals surface area contributed by atoms with Crippen LogP contribution < -0.4 is 4.90 Å². The summed E-state index contributed by atoms with van der Waals surface area (Å²) in [6, 6.07) is 73.3. The molecule has 0 aromatic heterocycles. The fourth-order valence-corrected chi connectivity index (χ4v) is 8.56. The number of hydrogen-bond donors (Lipinski definition) is 0. The number of rotatable bonds is 6. The van der Waals surface area contributed by atoms with Gasteiger partial charge >= 0.3 is 0 Å². The topological polar surface area (TPSA) is 3.24 Å². The first-order valence-corrected chi connectivity index (χ1v) is 17.4. The monoisotopic (exact) mass is 635 g/mol. The van der Waals surface area contributed by atoms with Crippen molar-refractivity contribution in [3.63, 3.8) is 0 Å². The van der Waals surface area contributed by atoms with Gasteiger partial charge in [0, 0.05) is 17.1 Å². The second kappa shape index (κ2) is 11.3. The standard InChI is InChI=1S/C49H33N/c1-3-13-34(14-4-1)36-25-29-39(30-26-36)50(41-18-11-17-37(33-41)35-15-5-2-6-16-35)40-31-27-38(28-32-40)49-46-23-9-7-19-42(46)44-21-12-22-45(48(44)49)43-20-8-10-24-47(43)49/h1-33H. The summed E-state index contributed by atoms with van der Waals surface area (Å²) in [5, 5.41) is 0.